The molecule has 0 fully saturated rings. The number of hydrogen-bond donors (Lipinski definition) is 2. The van der Waals surface area contributed by atoms with Gasteiger partial charge in [-0.15, -0.1) is 0 Å². The zero-order chi connectivity index (χ0) is 11.9. The van der Waals surface area contributed by atoms with Gasteiger partial charge in [-0.1, -0.05) is 30.3 Å². The predicted octanol–water partition coefficient (Wildman–Crippen LogP) is 1.20. The number of rotatable bonds is 5. The zero-order valence-electron chi connectivity index (χ0n) is 9.22. The number of aromatic nitrogens is 2. The van der Waals surface area contributed by atoms with Crippen LogP contribution >= 0.6 is 0 Å². The van der Waals surface area contributed by atoms with Gasteiger partial charge >= 0.3 is 0 Å². The lowest BCUT2D eigenvalue weighted by Crippen LogP contribution is -2.25. The van der Waals surface area contributed by atoms with Crippen molar-refractivity contribution in [3.8, 4) is 0 Å². The minimum Gasteiger partial charge on any atom is -0.282 e. The Morgan fingerprint density at radius 1 is 1.29 bits per heavy atom. The first-order chi connectivity index (χ1) is 8.34. The molecule has 5 heteroatoms. The number of carbonyl (C=O) groups is 1. The van der Waals surface area contributed by atoms with E-state index in [1.807, 2.05) is 30.3 Å². The van der Waals surface area contributed by atoms with Gasteiger partial charge in [-0.2, -0.15) is 5.10 Å². The highest BCUT2D eigenvalue weighted by Crippen LogP contribution is 1.99. The Morgan fingerprint density at radius 2 is 2.12 bits per heavy atom. The molecule has 0 saturated carbocycles. The number of benzene rings is 1. The topological polar surface area (TPSA) is 67.0 Å². The van der Waals surface area contributed by atoms with Crippen LogP contribution in [0.3, 0.4) is 0 Å². The summed E-state index contributed by atoms with van der Waals surface area (Å²) in [7, 11) is 0. The lowest BCUT2D eigenvalue weighted by molar-refractivity contribution is -0.133. The number of H-pyrrole nitrogens is 1. The van der Waals surface area contributed by atoms with E-state index in [0.29, 0.717) is 6.61 Å². The van der Waals surface area contributed by atoms with Crippen LogP contribution in [0.25, 0.3) is 0 Å². The lowest BCUT2D eigenvalue weighted by atomic mass is 10.2. The summed E-state index contributed by atoms with van der Waals surface area (Å²) in [5, 5.41) is 6.47. The van der Waals surface area contributed by atoms with Crippen LogP contribution in [-0.2, 0) is 22.7 Å². The van der Waals surface area contributed by atoms with E-state index in [-0.39, 0.29) is 12.3 Å². The molecular formula is C12H13N3O2. The van der Waals surface area contributed by atoms with Crippen LogP contribution in [0.5, 0.6) is 0 Å². The molecule has 2 aromatic rings. The molecule has 2 N–H and O–H groups in total. The molecule has 0 bridgehead atoms. The van der Waals surface area contributed by atoms with E-state index in [9.17, 15) is 4.79 Å². The average Bonchev–Trinajstić information content (AvgIpc) is 2.83. The molecule has 0 spiro atoms. The quantitative estimate of drug-likeness (QED) is 0.760. The Bertz CT molecular complexity index is 454. The van der Waals surface area contributed by atoms with Gasteiger partial charge < -0.3 is 0 Å². The third-order valence-corrected chi connectivity index (χ3v) is 2.18. The highest BCUT2D eigenvalue weighted by Gasteiger charge is 2.03. The van der Waals surface area contributed by atoms with Crippen LogP contribution in [0.1, 0.15) is 11.3 Å². The van der Waals surface area contributed by atoms with Gasteiger partial charge in [-0.25, -0.2) is 5.48 Å². The van der Waals surface area contributed by atoms with Crippen molar-refractivity contribution < 1.29 is 9.63 Å². The van der Waals surface area contributed by atoms with Crippen molar-refractivity contribution in [3.05, 3.63) is 53.9 Å². The van der Waals surface area contributed by atoms with Crippen molar-refractivity contribution in [1.29, 1.82) is 0 Å². The van der Waals surface area contributed by atoms with Crippen molar-refractivity contribution in [2.45, 2.75) is 13.0 Å². The second-order valence-electron chi connectivity index (χ2n) is 3.56. The van der Waals surface area contributed by atoms with Crippen LogP contribution in [0, 0.1) is 0 Å². The second kappa shape index (κ2) is 5.81. The Hall–Kier alpha value is -2.14. The first kappa shape index (κ1) is 11.3. The van der Waals surface area contributed by atoms with Gasteiger partial charge in [0.2, 0.25) is 5.91 Å². The van der Waals surface area contributed by atoms with E-state index < -0.39 is 0 Å². The van der Waals surface area contributed by atoms with Crippen LogP contribution in [0.15, 0.2) is 42.6 Å². The Kier molecular flexibility index (Phi) is 3.88. The number of hydroxylamine groups is 1. The van der Waals surface area contributed by atoms with E-state index >= 15 is 0 Å². The summed E-state index contributed by atoms with van der Waals surface area (Å²) in [6.45, 7) is 0.357. The van der Waals surface area contributed by atoms with Gasteiger partial charge in [0.05, 0.1) is 13.0 Å². The third-order valence-electron chi connectivity index (χ3n) is 2.18. The normalized spacial score (nSPS) is 10.1. The molecule has 1 aromatic carbocycles. The van der Waals surface area contributed by atoms with Crippen molar-refractivity contribution in [2.75, 3.05) is 0 Å². The van der Waals surface area contributed by atoms with Crippen LogP contribution < -0.4 is 5.48 Å². The molecule has 1 amide bonds. The van der Waals surface area contributed by atoms with Crippen LogP contribution in [-0.4, -0.2) is 16.1 Å². The maximum atomic E-state index is 11.4. The Labute approximate surface area is 98.8 Å². The molecule has 1 heterocycles. The standard InChI is InChI=1S/C12H13N3O2/c16-12(8-11-6-7-13-14-11)15-17-9-10-4-2-1-3-5-10/h1-7H,8-9H2,(H,13,14)(H,15,16). The zero-order valence-corrected chi connectivity index (χ0v) is 9.22. The molecule has 0 unspecified atom stereocenters. The molecule has 1 aromatic heterocycles. The van der Waals surface area contributed by atoms with Crippen molar-refractivity contribution >= 4 is 5.91 Å². The molecule has 0 saturated heterocycles. The largest absolute Gasteiger partial charge is 0.282 e. The van der Waals surface area contributed by atoms with Gasteiger partial charge in [0.25, 0.3) is 0 Å². The fourth-order valence-corrected chi connectivity index (χ4v) is 1.37. The molecule has 2 rings (SSSR count). The minimum absolute atomic E-state index is 0.204. The molecule has 5 nitrogen and oxygen atoms in total. The third kappa shape index (κ3) is 3.73. The van der Waals surface area contributed by atoms with E-state index in [4.69, 9.17) is 4.84 Å². The number of carbonyl (C=O) groups excluding carboxylic acids is 1. The SMILES string of the molecule is O=C(Cc1ccn[nH]1)NOCc1ccccc1. The predicted molar refractivity (Wildman–Crippen MR) is 61.7 cm³/mol. The highest BCUT2D eigenvalue weighted by molar-refractivity contribution is 5.76. The summed E-state index contributed by atoms with van der Waals surface area (Å²) in [6.07, 6.45) is 1.84. The maximum Gasteiger partial charge on any atom is 0.249 e. The van der Waals surface area contributed by atoms with Crippen LogP contribution in [0.2, 0.25) is 0 Å². The van der Waals surface area contributed by atoms with Crippen molar-refractivity contribution in [1.82, 2.24) is 15.7 Å². The summed E-state index contributed by atoms with van der Waals surface area (Å²) in [6, 6.07) is 11.4. The molecule has 0 radical (unpaired) electrons. The van der Waals surface area contributed by atoms with Gasteiger partial charge in [0, 0.05) is 11.9 Å². The van der Waals surface area contributed by atoms with Crippen molar-refractivity contribution in [2.24, 2.45) is 0 Å². The average molecular weight is 231 g/mol. The summed E-state index contributed by atoms with van der Waals surface area (Å²) in [5.74, 6) is -0.204. The minimum atomic E-state index is -0.204. The molecule has 0 aliphatic carbocycles. The van der Waals surface area contributed by atoms with E-state index in [2.05, 4.69) is 15.7 Å². The van der Waals surface area contributed by atoms with E-state index in [0.717, 1.165) is 11.3 Å². The Balaban J connectivity index is 1.70. The van der Waals surface area contributed by atoms with E-state index in [1.54, 1.807) is 12.3 Å². The van der Waals surface area contributed by atoms with Crippen molar-refractivity contribution in [3.63, 3.8) is 0 Å². The number of nitrogens with zero attached hydrogens (tertiary/aromatic N) is 1. The molecule has 0 aliphatic rings. The summed E-state index contributed by atoms with van der Waals surface area (Å²) >= 11 is 0. The number of aromatic amines is 1. The number of amides is 1. The van der Waals surface area contributed by atoms with Gasteiger partial charge in [0.1, 0.15) is 0 Å². The fraction of sp³-hybridized carbons (Fsp3) is 0.167. The highest BCUT2D eigenvalue weighted by atomic mass is 16.6. The maximum absolute atomic E-state index is 11.4. The Morgan fingerprint density at radius 3 is 2.82 bits per heavy atom. The van der Waals surface area contributed by atoms with Crippen LogP contribution in [0.4, 0.5) is 0 Å². The molecule has 0 atom stereocenters. The first-order valence-corrected chi connectivity index (χ1v) is 5.27. The smallest absolute Gasteiger partial charge is 0.249 e. The summed E-state index contributed by atoms with van der Waals surface area (Å²) in [4.78, 5) is 16.5. The molecule has 0 aliphatic heterocycles. The monoisotopic (exact) mass is 231 g/mol. The van der Waals surface area contributed by atoms with Gasteiger partial charge in [-0.05, 0) is 11.6 Å². The van der Waals surface area contributed by atoms with Gasteiger partial charge in [0.15, 0.2) is 0 Å². The summed E-state index contributed by atoms with van der Waals surface area (Å²) < 4.78 is 0. The lowest BCUT2D eigenvalue weighted by Gasteiger charge is -2.04. The molecule has 17 heavy (non-hydrogen) atoms. The fourth-order valence-electron chi connectivity index (χ4n) is 1.37. The second-order valence-corrected chi connectivity index (χ2v) is 3.56. The summed E-state index contributed by atoms with van der Waals surface area (Å²) in [5.41, 5.74) is 4.15. The molecule has 88 valence electrons. The molecular weight excluding hydrogens is 218 g/mol. The first-order valence-electron chi connectivity index (χ1n) is 5.27. The van der Waals surface area contributed by atoms with Gasteiger partial charge in [-0.3, -0.25) is 14.7 Å². The van der Waals surface area contributed by atoms with E-state index in [1.165, 1.54) is 0 Å². The number of nitrogens with one attached hydrogen (secondary N) is 2. The number of hydrogen-bond acceptors (Lipinski definition) is 3.